The largest absolute Gasteiger partial charge is 0.355 e. The molecular formula is C14H23N3O3. The molecule has 20 heavy (non-hydrogen) atoms. The quantitative estimate of drug-likeness (QED) is 0.764. The van der Waals surface area contributed by atoms with Crippen LogP contribution in [-0.4, -0.2) is 61.3 Å². The molecule has 0 aromatic rings. The Bertz CT molecular complexity index is 390. The summed E-state index contributed by atoms with van der Waals surface area (Å²) in [6, 6.07) is 0. The fraction of sp³-hybridized carbons (Fsp3) is 0.786. The molecule has 2 aliphatic heterocycles. The summed E-state index contributed by atoms with van der Waals surface area (Å²) in [4.78, 5) is 38.8. The van der Waals surface area contributed by atoms with Crippen molar-refractivity contribution in [2.75, 3.05) is 33.7 Å². The van der Waals surface area contributed by atoms with Gasteiger partial charge in [0.25, 0.3) is 0 Å². The summed E-state index contributed by atoms with van der Waals surface area (Å²) in [7, 11) is 3.54. The van der Waals surface area contributed by atoms with Gasteiger partial charge in [-0.3, -0.25) is 14.4 Å². The molecule has 3 amide bonds. The summed E-state index contributed by atoms with van der Waals surface area (Å²) in [6.45, 7) is 1.75. The summed E-state index contributed by atoms with van der Waals surface area (Å²) in [6.07, 6.45) is 2.55. The van der Waals surface area contributed by atoms with Crippen molar-refractivity contribution in [1.29, 1.82) is 0 Å². The van der Waals surface area contributed by atoms with Crippen LogP contribution in [0.25, 0.3) is 0 Å². The molecule has 0 radical (unpaired) electrons. The van der Waals surface area contributed by atoms with Crippen molar-refractivity contribution >= 4 is 17.7 Å². The lowest BCUT2D eigenvalue weighted by Gasteiger charge is -2.35. The zero-order chi connectivity index (χ0) is 14.7. The zero-order valence-electron chi connectivity index (χ0n) is 12.2. The third-order valence-electron chi connectivity index (χ3n) is 4.21. The number of hydrogen-bond acceptors (Lipinski definition) is 3. The lowest BCUT2D eigenvalue weighted by atomic mass is 9.92. The van der Waals surface area contributed by atoms with Gasteiger partial charge >= 0.3 is 0 Å². The molecule has 0 spiro atoms. The Morgan fingerprint density at radius 3 is 2.30 bits per heavy atom. The van der Waals surface area contributed by atoms with Crippen LogP contribution in [0.3, 0.4) is 0 Å². The van der Waals surface area contributed by atoms with E-state index in [4.69, 9.17) is 0 Å². The van der Waals surface area contributed by atoms with Crippen LogP contribution < -0.4 is 5.32 Å². The summed E-state index contributed by atoms with van der Waals surface area (Å²) in [5.74, 6) is 0.265. The number of likely N-dealkylation sites (tertiary alicyclic amines) is 1. The van der Waals surface area contributed by atoms with E-state index in [-0.39, 0.29) is 29.6 Å². The van der Waals surface area contributed by atoms with Crippen LogP contribution in [0.5, 0.6) is 0 Å². The lowest BCUT2D eigenvalue weighted by molar-refractivity contribution is -0.142. The molecule has 0 aliphatic carbocycles. The Balaban J connectivity index is 1.83. The first-order chi connectivity index (χ1) is 9.49. The van der Waals surface area contributed by atoms with E-state index in [0.29, 0.717) is 32.5 Å². The van der Waals surface area contributed by atoms with E-state index >= 15 is 0 Å². The van der Waals surface area contributed by atoms with Gasteiger partial charge in [-0.1, -0.05) is 0 Å². The Hall–Kier alpha value is -1.59. The molecule has 6 heteroatoms. The maximum atomic E-state index is 12.3. The first-order valence-electron chi connectivity index (χ1n) is 7.25. The maximum absolute atomic E-state index is 12.3. The standard InChI is InChI=1S/C14H23N3O3/c1-16(2)13(19)10-5-7-17(8-6-10)14(20)11-3-4-12(18)15-9-11/h10-11H,3-9H2,1-2H3,(H,15,18). The van der Waals surface area contributed by atoms with E-state index in [0.717, 1.165) is 12.8 Å². The second kappa shape index (κ2) is 6.24. The summed E-state index contributed by atoms with van der Waals surface area (Å²) in [5.41, 5.74) is 0. The van der Waals surface area contributed by atoms with Crippen LogP contribution in [0.15, 0.2) is 0 Å². The number of carbonyl (C=O) groups excluding carboxylic acids is 3. The van der Waals surface area contributed by atoms with Crippen LogP contribution in [0.4, 0.5) is 0 Å². The molecule has 1 atom stereocenters. The number of nitrogens with one attached hydrogen (secondary N) is 1. The van der Waals surface area contributed by atoms with Crippen LogP contribution in [0, 0.1) is 11.8 Å². The number of hydrogen-bond donors (Lipinski definition) is 1. The van der Waals surface area contributed by atoms with Gasteiger partial charge in [0, 0.05) is 46.1 Å². The smallest absolute Gasteiger partial charge is 0.227 e. The minimum atomic E-state index is -0.0891. The van der Waals surface area contributed by atoms with Gasteiger partial charge in [0.2, 0.25) is 17.7 Å². The van der Waals surface area contributed by atoms with E-state index < -0.39 is 0 Å². The topological polar surface area (TPSA) is 69.7 Å². The molecule has 6 nitrogen and oxygen atoms in total. The minimum Gasteiger partial charge on any atom is -0.355 e. The highest BCUT2D eigenvalue weighted by Gasteiger charge is 2.32. The molecule has 2 rings (SSSR count). The third kappa shape index (κ3) is 3.29. The zero-order valence-corrected chi connectivity index (χ0v) is 12.2. The molecule has 0 aromatic heterocycles. The van der Waals surface area contributed by atoms with Gasteiger partial charge in [0.1, 0.15) is 0 Å². The minimum absolute atomic E-state index is 0.0318. The van der Waals surface area contributed by atoms with Crippen molar-refractivity contribution in [2.24, 2.45) is 11.8 Å². The first-order valence-corrected chi connectivity index (χ1v) is 7.25. The highest BCUT2D eigenvalue weighted by Crippen LogP contribution is 2.22. The number of rotatable bonds is 2. The Kier molecular flexibility index (Phi) is 4.62. The second-order valence-corrected chi connectivity index (χ2v) is 5.87. The summed E-state index contributed by atoms with van der Waals surface area (Å²) in [5, 5.41) is 2.75. The van der Waals surface area contributed by atoms with Crippen LogP contribution in [0.1, 0.15) is 25.7 Å². The molecule has 2 aliphatic rings. The molecule has 2 saturated heterocycles. The van der Waals surface area contributed by atoms with Gasteiger partial charge in [-0.15, -0.1) is 0 Å². The maximum Gasteiger partial charge on any atom is 0.227 e. The SMILES string of the molecule is CN(C)C(=O)C1CCN(C(=O)C2CCC(=O)NC2)CC1. The number of piperidine rings is 2. The number of carbonyl (C=O) groups is 3. The predicted molar refractivity (Wildman–Crippen MR) is 73.7 cm³/mol. The molecule has 0 aromatic carbocycles. The lowest BCUT2D eigenvalue weighted by Crippen LogP contribution is -2.48. The Morgan fingerprint density at radius 2 is 1.80 bits per heavy atom. The fourth-order valence-corrected chi connectivity index (χ4v) is 2.91. The van der Waals surface area contributed by atoms with Crippen molar-refractivity contribution in [2.45, 2.75) is 25.7 Å². The van der Waals surface area contributed by atoms with Gasteiger partial charge in [0.15, 0.2) is 0 Å². The van der Waals surface area contributed by atoms with E-state index in [2.05, 4.69) is 5.32 Å². The molecule has 2 fully saturated rings. The van der Waals surface area contributed by atoms with Gasteiger partial charge in [0.05, 0.1) is 5.92 Å². The molecule has 112 valence electrons. The van der Waals surface area contributed by atoms with E-state index in [1.165, 1.54) is 0 Å². The Morgan fingerprint density at radius 1 is 1.15 bits per heavy atom. The van der Waals surface area contributed by atoms with Gasteiger partial charge < -0.3 is 15.1 Å². The molecule has 0 saturated carbocycles. The van der Waals surface area contributed by atoms with Crippen molar-refractivity contribution in [3.05, 3.63) is 0 Å². The van der Waals surface area contributed by atoms with Gasteiger partial charge in [-0.25, -0.2) is 0 Å². The Labute approximate surface area is 119 Å². The van der Waals surface area contributed by atoms with Crippen LogP contribution in [-0.2, 0) is 14.4 Å². The number of nitrogens with zero attached hydrogens (tertiary/aromatic N) is 2. The summed E-state index contributed by atoms with van der Waals surface area (Å²) >= 11 is 0. The summed E-state index contributed by atoms with van der Waals surface area (Å²) < 4.78 is 0. The molecule has 1 N–H and O–H groups in total. The van der Waals surface area contributed by atoms with E-state index in [9.17, 15) is 14.4 Å². The molecule has 0 bridgehead atoms. The van der Waals surface area contributed by atoms with Gasteiger partial charge in [-0.2, -0.15) is 0 Å². The van der Waals surface area contributed by atoms with E-state index in [1.54, 1.807) is 19.0 Å². The average Bonchev–Trinajstić information content (AvgIpc) is 2.46. The first kappa shape index (κ1) is 14.8. The molecular weight excluding hydrogens is 258 g/mol. The fourth-order valence-electron chi connectivity index (χ4n) is 2.91. The molecule has 1 unspecified atom stereocenters. The van der Waals surface area contributed by atoms with Crippen molar-refractivity contribution in [1.82, 2.24) is 15.1 Å². The second-order valence-electron chi connectivity index (χ2n) is 5.87. The molecule has 2 heterocycles. The van der Waals surface area contributed by atoms with Crippen LogP contribution >= 0.6 is 0 Å². The average molecular weight is 281 g/mol. The van der Waals surface area contributed by atoms with E-state index in [1.807, 2.05) is 4.90 Å². The van der Waals surface area contributed by atoms with Crippen LogP contribution in [0.2, 0.25) is 0 Å². The monoisotopic (exact) mass is 281 g/mol. The highest BCUT2D eigenvalue weighted by atomic mass is 16.2. The van der Waals surface area contributed by atoms with Crippen molar-refractivity contribution < 1.29 is 14.4 Å². The van der Waals surface area contributed by atoms with Gasteiger partial charge in [-0.05, 0) is 19.3 Å². The third-order valence-corrected chi connectivity index (χ3v) is 4.21. The van der Waals surface area contributed by atoms with Crippen molar-refractivity contribution in [3.63, 3.8) is 0 Å². The number of amides is 3. The normalized spacial score (nSPS) is 24.2. The predicted octanol–water partition coefficient (Wildman–Crippen LogP) is -0.161. The van der Waals surface area contributed by atoms with Crippen molar-refractivity contribution in [3.8, 4) is 0 Å². The highest BCUT2D eigenvalue weighted by molar-refractivity contribution is 5.84.